The highest BCUT2D eigenvalue weighted by molar-refractivity contribution is 6.31. The SMILES string of the molecule is Cc1c(Cl)cccc1NC(=O)CC[NH+]1CC[NH+](Cc2cccc3ccccc23)CC1. The van der Waals surface area contributed by atoms with Gasteiger partial charge < -0.3 is 15.1 Å². The third kappa shape index (κ3) is 5.01. The maximum absolute atomic E-state index is 12.4. The van der Waals surface area contributed by atoms with Crippen molar-refractivity contribution in [1.29, 1.82) is 0 Å². The van der Waals surface area contributed by atoms with E-state index in [1.165, 1.54) is 21.2 Å². The fourth-order valence-corrected chi connectivity index (χ4v) is 4.52. The highest BCUT2D eigenvalue weighted by Crippen LogP contribution is 2.23. The van der Waals surface area contributed by atoms with Crippen molar-refractivity contribution in [2.75, 3.05) is 38.0 Å². The fourth-order valence-electron chi connectivity index (χ4n) is 4.35. The summed E-state index contributed by atoms with van der Waals surface area (Å²) >= 11 is 6.14. The number of halogens is 1. The first-order valence-corrected chi connectivity index (χ1v) is 11.2. The average molecular weight is 424 g/mol. The molecule has 5 heteroatoms. The Kier molecular flexibility index (Phi) is 6.68. The predicted molar refractivity (Wildman–Crippen MR) is 123 cm³/mol. The van der Waals surface area contributed by atoms with Crippen molar-refractivity contribution in [3.8, 4) is 0 Å². The lowest BCUT2D eigenvalue weighted by atomic mass is 10.0. The van der Waals surface area contributed by atoms with E-state index in [-0.39, 0.29) is 5.91 Å². The normalized spacial score (nSPS) is 19.0. The summed E-state index contributed by atoms with van der Waals surface area (Å²) in [4.78, 5) is 15.5. The first kappa shape index (κ1) is 20.9. The van der Waals surface area contributed by atoms with Crippen LogP contribution in [0.15, 0.2) is 60.7 Å². The predicted octanol–water partition coefficient (Wildman–Crippen LogP) is 2.11. The van der Waals surface area contributed by atoms with Gasteiger partial charge in [0.05, 0.1) is 13.0 Å². The molecule has 1 amide bonds. The van der Waals surface area contributed by atoms with E-state index in [1.54, 1.807) is 4.90 Å². The van der Waals surface area contributed by atoms with E-state index in [1.807, 2.05) is 25.1 Å². The van der Waals surface area contributed by atoms with E-state index >= 15 is 0 Å². The molecule has 156 valence electrons. The van der Waals surface area contributed by atoms with Gasteiger partial charge in [0, 0.05) is 16.3 Å². The second kappa shape index (κ2) is 9.61. The standard InChI is InChI=1S/C25H28ClN3O/c1-19-23(26)10-5-11-24(19)27-25(30)12-13-28-14-16-29(17-15-28)18-21-8-4-7-20-6-2-3-9-22(20)21/h2-11H,12-18H2,1H3,(H,27,30)/p+2. The van der Waals surface area contributed by atoms with Crippen LogP contribution in [0.2, 0.25) is 5.02 Å². The Labute approximate surface area is 183 Å². The molecule has 1 heterocycles. The van der Waals surface area contributed by atoms with Crippen LogP contribution < -0.4 is 15.1 Å². The molecule has 0 bridgehead atoms. The van der Waals surface area contributed by atoms with Gasteiger partial charge in [0.15, 0.2) is 0 Å². The monoisotopic (exact) mass is 423 g/mol. The molecule has 0 aromatic heterocycles. The third-order valence-corrected chi connectivity index (χ3v) is 6.64. The average Bonchev–Trinajstić information content (AvgIpc) is 2.77. The van der Waals surface area contributed by atoms with Crippen LogP contribution in [0.25, 0.3) is 10.8 Å². The number of carbonyl (C=O) groups is 1. The van der Waals surface area contributed by atoms with Crippen molar-refractivity contribution < 1.29 is 14.6 Å². The van der Waals surface area contributed by atoms with Gasteiger partial charge in [-0.05, 0) is 35.4 Å². The van der Waals surface area contributed by atoms with E-state index in [2.05, 4.69) is 47.8 Å². The molecule has 0 unspecified atom stereocenters. The zero-order valence-corrected chi connectivity index (χ0v) is 18.3. The number of hydrogen-bond donors (Lipinski definition) is 3. The molecule has 0 radical (unpaired) electrons. The lowest BCUT2D eigenvalue weighted by molar-refractivity contribution is -1.02. The van der Waals surface area contributed by atoms with Gasteiger partial charge in [-0.3, -0.25) is 4.79 Å². The van der Waals surface area contributed by atoms with Crippen LogP contribution in [0.3, 0.4) is 0 Å². The minimum Gasteiger partial charge on any atom is -0.326 e. The molecule has 4 rings (SSSR count). The number of quaternary nitrogens is 2. The highest BCUT2D eigenvalue weighted by Gasteiger charge is 2.24. The van der Waals surface area contributed by atoms with Gasteiger partial charge in [-0.1, -0.05) is 60.1 Å². The molecule has 1 saturated heterocycles. The minimum atomic E-state index is 0.0680. The van der Waals surface area contributed by atoms with Crippen LogP contribution in [0, 0.1) is 6.92 Å². The van der Waals surface area contributed by atoms with Crippen molar-refractivity contribution in [3.63, 3.8) is 0 Å². The first-order valence-electron chi connectivity index (χ1n) is 10.8. The molecular formula is C25H30ClN3O+2. The zero-order chi connectivity index (χ0) is 20.9. The lowest BCUT2D eigenvalue weighted by Gasteiger charge is -2.30. The van der Waals surface area contributed by atoms with Crippen molar-refractivity contribution in [1.82, 2.24) is 0 Å². The Morgan fingerprint density at radius 3 is 2.47 bits per heavy atom. The second-order valence-electron chi connectivity index (χ2n) is 8.28. The fraction of sp³-hybridized carbons (Fsp3) is 0.320. The maximum atomic E-state index is 12.4. The lowest BCUT2D eigenvalue weighted by Crippen LogP contribution is -3.27. The molecule has 3 aromatic rings. The Hall–Kier alpha value is -2.40. The Balaban J connectivity index is 1.25. The molecule has 4 nitrogen and oxygen atoms in total. The highest BCUT2D eigenvalue weighted by atomic mass is 35.5. The van der Waals surface area contributed by atoms with Crippen LogP contribution in [0.4, 0.5) is 5.69 Å². The molecule has 0 spiro atoms. The van der Waals surface area contributed by atoms with Crippen molar-refractivity contribution in [3.05, 3.63) is 76.8 Å². The number of carbonyl (C=O) groups excluding carboxylic acids is 1. The summed E-state index contributed by atoms with van der Waals surface area (Å²) in [5.41, 5.74) is 3.17. The Morgan fingerprint density at radius 2 is 1.63 bits per heavy atom. The second-order valence-corrected chi connectivity index (χ2v) is 8.68. The summed E-state index contributed by atoms with van der Waals surface area (Å²) in [6.07, 6.45) is 0.542. The van der Waals surface area contributed by atoms with E-state index in [0.29, 0.717) is 11.4 Å². The summed E-state index contributed by atoms with van der Waals surface area (Å²) < 4.78 is 0. The summed E-state index contributed by atoms with van der Waals surface area (Å²) in [5, 5.41) is 6.38. The van der Waals surface area contributed by atoms with E-state index in [0.717, 1.165) is 50.5 Å². The van der Waals surface area contributed by atoms with Gasteiger partial charge >= 0.3 is 0 Å². The van der Waals surface area contributed by atoms with Crippen molar-refractivity contribution in [2.24, 2.45) is 0 Å². The van der Waals surface area contributed by atoms with Gasteiger partial charge in [0.1, 0.15) is 32.7 Å². The topological polar surface area (TPSA) is 38.0 Å². The number of amides is 1. The molecule has 1 fully saturated rings. The molecule has 1 aliphatic heterocycles. The summed E-state index contributed by atoms with van der Waals surface area (Å²) in [5.74, 6) is 0.0680. The van der Waals surface area contributed by atoms with Crippen LogP contribution in [0.5, 0.6) is 0 Å². The number of fused-ring (bicyclic) bond motifs is 1. The summed E-state index contributed by atoms with van der Waals surface area (Å²) in [6, 6.07) is 20.9. The third-order valence-electron chi connectivity index (χ3n) is 6.23. The Bertz CT molecular complexity index is 1020. The van der Waals surface area contributed by atoms with Crippen molar-refractivity contribution >= 4 is 34.0 Å². The van der Waals surface area contributed by atoms with Gasteiger partial charge in [0.2, 0.25) is 5.91 Å². The van der Waals surface area contributed by atoms with E-state index in [4.69, 9.17) is 11.6 Å². The van der Waals surface area contributed by atoms with E-state index in [9.17, 15) is 4.79 Å². The summed E-state index contributed by atoms with van der Waals surface area (Å²) in [7, 11) is 0. The number of piperazine rings is 1. The maximum Gasteiger partial charge on any atom is 0.230 e. The zero-order valence-electron chi connectivity index (χ0n) is 17.5. The summed E-state index contributed by atoms with van der Waals surface area (Å²) in [6.45, 7) is 8.41. The van der Waals surface area contributed by atoms with Crippen LogP contribution >= 0.6 is 11.6 Å². The van der Waals surface area contributed by atoms with Crippen molar-refractivity contribution in [2.45, 2.75) is 19.9 Å². The largest absolute Gasteiger partial charge is 0.326 e. The van der Waals surface area contributed by atoms with Crippen LogP contribution in [-0.2, 0) is 11.3 Å². The van der Waals surface area contributed by atoms with Gasteiger partial charge in [-0.15, -0.1) is 0 Å². The molecule has 30 heavy (non-hydrogen) atoms. The molecule has 3 aromatic carbocycles. The quantitative estimate of drug-likeness (QED) is 0.558. The smallest absolute Gasteiger partial charge is 0.230 e. The van der Waals surface area contributed by atoms with Crippen LogP contribution in [-0.4, -0.2) is 38.6 Å². The molecule has 0 saturated carbocycles. The molecule has 0 atom stereocenters. The van der Waals surface area contributed by atoms with Gasteiger partial charge in [-0.2, -0.15) is 0 Å². The molecule has 0 aliphatic carbocycles. The van der Waals surface area contributed by atoms with Crippen LogP contribution in [0.1, 0.15) is 17.5 Å². The number of nitrogens with one attached hydrogen (secondary N) is 3. The molecule has 3 N–H and O–H groups in total. The molecule has 1 aliphatic rings. The number of anilines is 1. The van der Waals surface area contributed by atoms with Gasteiger partial charge in [-0.25, -0.2) is 0 Å². The minimum absolute atomic E-state index is 0.0680. The molecular weight excluding hydrogens is 394 g/mol. The number of rotatable bonds is 6. The van der Waals surface area contributed by atoms with Gasteiger partial charge in [0.25, 0.3) is 0 Å². The van der Waals surface area contributed by atoms with E-state index < -0.39 is 0 Å². The Morgan fingerprint density at radius 1 is 0.933 bits per heavy atom. The number of hydrogen-bond acceptors (Lipinski definition) is 1. The first-order chi connectivity index (χ1) is 14.6. The number of benzene rings is 3.